The maximum absolute atomic E-state index is 5.35. The molecule has 0 bridgehead atoms. The number of hydrogen-bond acceptors (Lipinski definition) is 2. The number of nitrogens with zero attached hydrogens (tertiary/aromatic N) is 2. The Balaban J connectivity index is 0.0000110. The standard InChI is InChI=1S/C44H68N2.Pd/c1-7-13-19-24-30-44(46-42-34-32-38(26-21-15-9-3)40(36-42)28-23-17-11-5)43(29-18-12-6)45-41-33-31-37(25-20-14-8-2)39(35-41)27-22-16-10-4;/h31-36H,7-23,25-29H2,1-6H3;. The van der Waals surface area contributed by atoms with Gasteiger partial charge >= 0.3 is 0 Å². The van der Waals surface area contributed by atoms with Crippen molar-refractivity contribution in [2.24, 2.45) is 9.98 Å². The number of aryl methyl sites for hydroxylation is 4. The van der Waals surface area contributed by atoms with Gasteiger partial charge in [0, 0.05) is 26.8 Å². The number of unbranched alkanes of at least 4 members (excludes halogenated alkanes) is 11. The Bertz CT molecular complexity index is 1230. The van der Waals surface area contributed by atoms with Gasteiger partial charge in [0.1, 0.15) is 5.71 Å². The van der Waals surface area contributed by atoms with E-state index in [4.69, 9.17) is 9.98 Å². The van der Waals surface area contributed by atoms with Crippen molar-refractivity contribution in [2.75, 3.05) is 0 Å². The molecule has 2 aromatic carbocycles. The number of rotatable bonds is 24. The van der Waals surface area contributed by atoms with Gasteiger partial charge in [-0.15, -0.1) is 0 Å². The summed E-state index contributed by atoms with van der Waals surface area (Å²) in [6.45, 7) is 13.7. The molecule has 2 nitrogen and oxygen atoms in total. The summed E-state index contributed by atoms with van der Waals surface area (Å²) in [6.07, 6.45) is 26.1. The van der Waals surface area contributed by atoms with Gasteiger partial charge in [-0.3, -0.25) is 4.99 Å². The van der Waals surface area contributed by atoms with E-state index in [2.05, 4.69) is 89.8 Å². The Hall–Kier alpha value is -2.00. The second kappa shape index (κ2) is 27.9. The average Bonchev–Trinajstić information content (AvgIpc) is 3.06. The fourth-order valence-corrected chi connectivity index (χ4v) is 6.01. The largest absolute Gasteiger partial charge is 0.251 e. The Kier molecular flexibility index (Phi) is 25.5. The Morgan fingerprint density at radius 2 is 0.915 bits per heavy atom. The second-order valence-electron chi connectivity index (χ2n) is 13.3. The van der Waals surface area contributed by atoms with Gasteiger partial charge in [-0.25, -0.2) is 4.99 Å². The third kappa shape index (κ3) is 17.8. The van der Waals surface area contributed by atoms with Crippen LogP contribution >= 0.6 is 0 Å². The summed E-state index contributed by atoms with van der Waals surface area (Å²) in [5, 5.41) is 0. The number of benzene rings is 2. The molecule has 0 aliphatic rings. The first-order valence-corrected chi connectivity index (χ1v) is 19.5. The molecule has 0 N–H and O–H groups in total. The zero-order chi connectivity index (χ0) is 33.2. The van der Waals surface area contributed by atoms with Crippen LogP contribution in [0.25, 0.3) is 0 Å². The summed E-state index contributed by atoms with van der Waals surface area (Å²) < 4.78 is 0. The summed E-state index contributed by atoms with van der Waals surface area (Å²) in [5.41, 5.74) is 9.99. The quantitative estimate of drug-likeness (QED) is 0.0445. The van der Waals surface area contributed by atoms with Crippen LogP contribution in [0.5, 0.6) is 0 Å². The molecule has 47 heavy (non-hydrogen) atoms. The van der Waals surface area contributed by atoms with Crippen LogP contribution in [-0.2, 0) is 46.1 Å². The Labute approximate surface area is 305 Å². The molecule has 0 saturated heterocycles. The minimum Gasteiger partial charge on any atom is -0.251 e. The van der Waals surface area contributed by atoms with E-state index in [1.165, 1.54) is 112 Å². The first-order chi connectivity index (χ1) is 22.6. The zero-order valence-corrected chi connectivity index (χ0v) is 32.8. The smallest absolute Gasteiger partial charge is 0.135 e. The molecule has 0 amide bonds. The maximum Gasteiger partial charge on any atom is 0.135 e. The molecular formula is C44H68N2Pd. The van der Waals surface area contributed by atoms with E-state index in [-0.39, 0.29) is 20.4 Å². The van der Waals surface area contributed by atoms with Crippen molar-refractivity contribution in [1.82, 2.24) is 0 Å². The van der Waals surface area contributed by atoms with Crippen molar-refractivity contribution in [1.29, 1.82) is 0 Å². The molecule has 0 heterocycles. The van der Waals surface area contributed by atoms with Gasteiger partial charge in [0.2, 0.25) is 0 Å². The number of aliphatic imine (C=N–C) groups is 2. The summed E-state index contributed by atoms with van der Waals surface area (Å²) in [4.78, 5) is 10.6. The summed E-state index contributed by atoms with van der Waals surface area (Å²) in [6, 6.07) is 13.9. The van der Waals surface area contributed by atoms with Crippen LogP contribution in [-0.4, -0.2) is 11.4 Å². The Morgan fingerprint density at radius 3 is 1.36 bits per heavy atom. The maximum atomic E-state index is 5.35. The van der Waals surface area contributed by atoms with Crippen LogP contribution in [0, 0.1) is 11.8 Å². The van der Waals surface area contributed by atoms with Crippen LogP contribution in [0.3, 0.4) is 0 Å². The van der Waals surface area contributed by atoms with Gasteiger partial charge in [0.15, 0.2) is 0 Å². The van der Waals surface area contributed by atoms with E-state index < -0.39 is 0 Å². The summed E-state index contributed by atoms with van der Waals surface area (Å²) >= 11 is 0. The van der Waals surface area contributed by atoms with E-state index in [1.807, 2.05) is 0 Å². The van der Waals surface area contributed by atoms with E-state index in [1.54, 1.807) is 0 Å². The fraction of sp³-hybridized carbons (Fsp3) is 0.636. The van der Waals surface area contributed by atoms with Crippen molar-refractivity contribution < 1.29 is 20.4 Å². The molecule has 2 aromatic rings. The molecule has 2 rings (SSSR count). The van der Waals surface area contributed by atoms with Crippen molar-refractivity contribution in [2.45, 2.75) is 183 Å². The molecule has 0 atom stereocenters. The van der Waals surface area contributed by atoms with Crippen LogP contribution in [0.2, 0.25) is 0 Å². The fourth-order valence-electron chi connectivity index (χ4n) is 6.01. The molecule has 0 fully saturated rings. The average molecular weight is 731 g/mol. The van der Waals surface area contributed by atoms with Crippen LogP contribution in [0.4, 0.5) is 11.4 Å². The Morgan fingerprint density at radius 1 is 0.489 bits per heavy atom. The van der Waals surface area contributed by atoms with Crippen molar-refractivity contribution in [3.8, 4) is 11.8 Å². The third-order valence-corrected chi connectivity index (χ3v) is 8.99. The first kappa shape index (κ1) is 43.0. The van der Waals surface area contributed by atoms with E-state index in [0.29, 0.717) is 0 Å². The summed E-state index contributed by atoms with van der Waals surface area (Å²) in [7, 11) is 0. The van der Waals surface area contributed by atoms with Crippen LogP contribution < -0.4 is 0 Å². The molecule has 0 aliphatic heterocycles. The molecule has 0 aromatic heterocycles. The molecule has 0 spiro atoms. The predicted molar refractivity (Wildman–Crippen MR) is 207 cm³/mol. The molecule has 0 radical (unpaired) electrons. The van der Waals surface area contributed by atoms with Gasteiger partial charge < -0.3 is 0 Å². The van der Waals surface area contributed by atoms with E-state index >= 15 is 0 Å². The molecular weight excluding hydrogens is 663 g/mol. The monoisotopic (exact) mass is 730 g/mol. The molecule has 3 heteroatoms. The van der Waals surface area contributed by atoms with Crippen LogP contribution in [0.15, 0.2) is 46.4 Å². The minimum atomic E-state index is 0. The number of hydrogen-bond donors (Lipinski definition) is 0. The first-order valence-electron chi connectivity index (χ1n) is 19.5. The van der Waals surface area contributed by atoms with Gasteiger partial charge in [-0.1, -0.05) is 124 Å². The van der Waals surface area contributed by atoms with Crippen molar-refractivity contribution in [3.63, 3.8) is 0 Å². The van der Waals surface area contributed by atoms with Crippen LogP contribution in [0.1, 0.15) is 179 Å². The normalized spacial score (nSPS) is 11.7. The molecule has 264 valence electrons. The van der Waals surface area contributed by atoms with Crippen molar-refractivity contribution in [3.05, 3.63) is 58.7 Å². The SMILES string of the molecule is CCCCC#CC(=Nc1ccc(CCCCC)c(CCCCC)c1)C(CCCC)=Nc1ccc(CCCCC)c(CCCCC)c1.[Pd]. The zero-order valence-electron chi connectivity index (χ0n) is 31.2. The molecule has 0 unspecified atom stereocenters. The van der Waals surface area contributed by atoms with E-state index in [9.17, 15) is 0 Å². The minimum absolute atomic E-state index is 0. The topological polar surface area (TPSA) is 24.7 Å². The van der Waals surface area contributed by atoms with Gasteiger partial charge in [0.05, 0.1) is 17.1 Å². The third-order valence-electron chi connectivity index (χ3n) is 8.99. The molecule has 0 aliphatic carbocycles. The molecule has 0 saturated carbocycles. The summed E-state index contributed by atoms with van der Waals surface area (Å²) in [5.74, 6) is 7.01. The van der Waals surface area contributed by atoms with Gasteiger partial charge in [-0.05, 0) is 123 Å². The predicted octanol–water partition coefficient (Wildman–Crippen LogP) is 13.8. The van der Waals surface area contributed by atoms with Gasteiger partial charge in [-0.2, -0.15) is 0 Å². The van der Waals surface area contributed by atoms with Gasteiger partial charge in [0.25, 0.3) is 0 Å². The van der Waals surface area contributed by atoms with E-state index in [0.717, 1.165) is 74.2 Å². The van der Waals surface area contributed by atoms with Crippen molar-refractivity contribution >= 4 is 22.8 Å². The second-order valence-corrected chi connectivity index (χ2v) is 13.3.